The van der Waals surface area contributed by atoms with Crippen molar-refractivity contribution in [2.75, 3.05) is 24.4 Å². The van der Waals surface area contributed by atoms with Crippen LogP contribution in [0.5, 0.6) is 11.5 Å². The van der Waals surface area contributed by atoms with E-state index in [2.05, 4.69) is 20.7 Å². The van der Waals surface area contributed by atoms with E-state index in [1.54, 1.807) is 48.2 Å². The van der Waals surface area contributed by atoms with E-state index < -0.39 is 0 Å². The normalized spacial score (nSPS) is 15.2. The van der Waals surface area contributed by atoms with Crippen molar-refractivity contribution in [1.29, 1.82) is 0 Å². The molecule has 4 rings (SSSR count). The summed E-state index contributed by atoms with van der Waals surface area (Å²) in [5.74, 6) is 1.25. The SMILES string of the molecule is COc1cccc(NC(=O)COc2ccc(C3CC(=O)Nc4ncnn43)cc2)c1. The summed E-state index contributed by atoms with van der Waals surface area (Å²) in [6, 6.07) is 14.1. The van der Waals surface area contributed by atoms with E-state index in [0.29, 0.717) is 23.1 Å². The monoisotopic (exact) mass is 393 g/mol. The standard InChI is InChI=1S/C20H19N5O4/c1-28-16-4-2-3-14(9-16)23-19(27)11-29-15-7-5-13(6-8-15)17-10-18(26)24-20-21-12-22-25(17)20/h2-9,12,17H,10-11H2,1H3,(H,23,27)(H,21,22,24,26). The Morgan fingerprint density at radius 3 is 2.86 bits per heavy atom. The number of carbonyl (C=O) groups is 2. The summed E-state index contributed by atoms with van der Waals surface area (Å²) < 4.78 is 12.4. The molecule has 29 heavy (non-hydrogen) atoms. The average Bonchev–Trinajstić information content (AvgIpc) is 3.20. The van der Waals surface area contributed by atoms with Gasteiger partial charge in [0.15, 0.2) is 6.61 Å². The number of benzene rings is 2. The van der Waals surface area contributed by atoms with Gasteiger partial charge in [-0.1, -0.05) is 18.2 Å². The molecule has 9 nitrogen and oxygen atoms in total. The van der Waals surface area contributed by atoms with Gasteiger partial charge in [-0.3, -0.25) is 14.9 Å². The van der Waals surface area contributed by atoms with Gasteiger partial charge < -0.3 is 14.8 Å². The lowest BCUT2D eigenvalue weighted by Crippen LogP contribution is -2.29. The molecule has 0 saturated carbocycles. The lowest BCUT2D eigenvalue weighted by molar-refractivity contribution is -0.118. The van der Waals surface area contributed by atoms with Crippen molar-refractivity contribution in [2.45, 2.75) is 12.5 Å². The topological polar surface area (TPSA) is 107 Å². The molecule has 3 aromatic rings. The van der Waals surface area contributed by atoms with E-state index in [4.69, 9.17) is 9.47 Å². The van der Waals surface area contributed by atoms with Crippen LogP contribution < -0.4 is 20.1 Å². The number of ether oxygens (including phenoxy) is 2. The number of fused-ring (bicyclic) bond motifs is 1. The molecule has 0 radical (unpaired) electrons. The minimum absolute atomic E-state index is 0.106. The molecule has 0 aliphatic carbocycles. The van der Waals surface area contributed by atoms with E-state index in [1.165, 1.54) is 6.33 Å². The summed E-state index contributed by atoms with van der Waals surface area (Å²) in [7, 11) is 1.57. The van der Waals surface area contributed by atoms with Gasteiger partial charge in [-0.25, -0.2) is 4.68 Å². The van der Waals surface area contributed by atoms with Crippen LogP contribution in [0.25, 0.3) is 0 Å². The molecule has 0 fully saturated rings. The highest BCUT2D eigenvalue weighted by molar-refractivity contribution is 5.92. The molecule has 9 heteroatoms. The van der Waals surface area contributed by atoms with Crippen molar-refractivity contribution in [1.82, 2.24) is 14.8 Å². The molecular weight excluding hydrogens is 374 g/mol. The maximum atomic E-state index is 12.1. The second-order valence-corrected chi connectivity index (χ2v) is 6.43. The lowest BCUT2D eigenvalue weighted by atomic mass is 10.0. The average molecular weight is 393 g/mol. The van der Waals surface area contributed by atoms with Gasteiger partial charge in [-0.2, -0.15) is 10.1 Å². The summed E-state index contributed by atoms with van der Waals surface area (Å²) in [5, 5.41) is 9.62. The minimum atomic E-state index is -0.279. The molecule has 1 aliphatic rings. The fourth-order valence-corrected chi connectivity index (χ4v) is 3.10. The molecule has 0 spiro atoms. The van der Waals surface area contributed by atoms with Crippen molar-refractivity contribution < 1.29 is 19.1 Å². The quantitative estimate of drug-likeness (QED) is 0.665. The third-order valence-corrected chi connectivity index (χ3v) is 4.49. The van der Waals surface area contributed by atoms with Gasteiger partial charge in [0.1, 0.15) is 17.8 Å². The fraction of sp³-hybridized carbons (Fsp3) is 0.200. The number of amides is 2. The van der Waals surface area contributed by atoms with E-state index in [0.717, 1.165) is 5.56 Å². The molecule has 2 N–H and O–H groups in total. The molecule has 1 aromatic heterocycles. The highest BCUT2D eigenvalue weighted by Crippen LogP contribution is 2.29. The fourth-order valence-electron chi connectivity index (χ4n) is 3.10. The molecule has 1 atom stereocenters. The maximum Gasteiger partial charge on any atom is 0.262 e. The maximum absolute atomic E-state index is 12.1. The predicted octanol–water partition coefficient (Wildman–Crippen LogP) is 2.24. The molecule has 2 amide bonds. The van der Waals surface area contributed by atoms with Crippen LogP contribution in [0.4, 0.5) is 11.6 Å². The zero-order valence-corrected chi connectivity index (χ0v) is 15.7. The Morgan fingerprint density at radius 2 is 2.07 bits per heavy atom. The number of rotatable bonds is 6. The number of nitrogens with one attached hydrogen (secondary N) is 2. The highest BCUT2D eigenvalue weighted by Gasteiger charge is 2.27. The Kier molecular flexibility index (Phi) is 5.10. The lowest BCUT2D eigenvalue weighted by Gasteiger charge is -2.23. The smallest absolute Gasteiger partial charge is 0.262 e. The molecule has 0 bridgehead atoms. The zero-order chi connectivity index (χ0) is 20.2. The second kappa shape index (κ2) is 8.01. The van der Waals surface area contributed by atoms with Gasteiger partial charge in [0, 0.05) is 11.8 Å². The Morgan fingerprint density at radius 1 is 1.24 bits per heavy atom. The van der Waals surface area contributed by atoms with Crippen LogP contribution in [0.3, 0.4) is 0 Å². The first-order valence-corrected chi connectivity index (χ1v) is 8.98. The van der Waals surface area contributed by atoms with Gasteiger partial charge in [0.25, 0.3) is 5.91 Å². The van der Waals surface area contributed by atoms with Crippen LogP contribution >= 0.6 is 0 Å². The van der Waals surface area contributed by atoms with Crippen LogP contribution in [-0.2, 0) is 9.59 Å². The predicted molar refractivity (Wildman–Crippen MR) is 105 cm³/mol. The number of hydrogen-bond donors (Lipinski definition) is 2. The Labute approximate surface area is 166 Å². The third kappa shape index (κ3) is 4.18. The van der Waals surface area contributed by atoms with Crippen LogP contribution in [0, 0.1) is 0 Å². The van der Waals surface area contributed by atoms with Gasteiger partial charge in [-0.05, 0) is 29.8 Å². The van der Waals surface area contributed by atoms with E-state index in [-0.39, 0.29) is 30.9 Å². The third-order valence-electron chi connectivity index (χ3n) is 4.49. The summed E-state index contributed by atoms with van der Waals surface area (Å²) in [5.41, 5.74) is 1.53. The van der Waals surface area contributed by atoms with Crippen LogP contribution in [-0.4, -0.2) is 40.3 Å². The summed E-state index contributed by atoms with van der Waals surface area (Å²) in [4.78, 5) is 28.0. The summed E-state index contributed by atoms with van der Waals surface area (Å²) in [6.45, 7) is -0.129. The number of nitrogens with zero attached hydrogens (tertiary/aromatic N) is 3. The van der Waals surface area contributed by atoms with Crippen molar-refractivity contribution >= 4 is 23.5 Å². The number of hydrogen-bond acceptors (Lipinski definition) is 6. The zero-order valence-electron chi connectivity index (χ0n) is 15.7. The van der Waals surface area contributed by atoms with E-state index in [9.17, 15) is 9.59 Å². The van der Waals surface area contributed by atoms with Gasteiger partial charge in [-0.15, -0.1) is 0 Å². The Hall–Kier alpha value is -3.88. The van der Waals surface area contributed by atoms with E-state index in [1.807, 2.05) is 12.1 Å². The van der Waals surface area contributed by atoms with Crippen molar-refractivity contribution in [3.05, 3.63) is 60.4 Å². The minimum Gasteiger partial charge on any atom is -0.497 e. The summed E-state index contributed by atoms with van der Waals surface area (Å²) in [6.07, 6.45) is 1.69. The van der Waals surface area contributed by atoms with Crippen molar-refractivity contribution in [3.8, 4) is 11.5 Å². The van der Waals surface area contributed by atoms with Crippen LogP contribution in [0.15, 0.2) is 54.9 Å². The molecule has 0 saturated heterocycles. The van der Waals surface area contributed by atoms with Gasteiger partial charge in [0.2, 0.25) is 11.9 Å². The Balaban J connectivity index is 1.36. The molecule has 148 valence electrons. The van der Waals surface area contributed by atoms with Gasteiger partial charge in [0.05, 0.1) is 19.6 Å². The van der Waals surface area contributed by atoms with Crippen molar-refractivity contribution in [3.63, 3.8) is 0 Å². The second-order valence-electron chi connectivity index (χ2n) is 6.43. The molecule has 1 unspecified atom stereocenters. The first-order valence-electron chi connectivity index (χ1n) is 8.98. The first kappa shape index (κ1) is 18.5. The summed E-state index contributed by atoms with van der Waals surface area (Å²) >= 11 is 0. The molecule has 2 heterocycles. The highest BCUT2D eigenvalue weighted by atomic mass is 16.5. The number of aromatic nitrogens is 3. The molecule has 2 aromatic carbocycles. The first-order chi connectivity index (χ1) is 14.1. The number of methoxy groups -OCH3 is 1. The number of carbonyl (C=O) groups excluding carboxylic acids is 2. The molecule has 1 aliphatic heterocycles. The van der Waals surface area contributed by atoms with Crippen molar-refractivity contribution in [2.24, 2.45) is 0 Å². The largest absolute Gasteiger partial charge is 0.497 e. The van der Waals surface area contributed by atoms with Gasteiger partial charge >= 0.3 is 0 Å². The van der Waals surface area contributed by atoms with Crippen LogP contribution in [0.1, 0.15) is 18.0 Å². The molecular formula is C20H19N5O4. The van der Waals surface area contributed by atoms with E-state index >= 15 is 0 Å². The Bertz CT molecular complexity index is 1030. The van der Waals surface area contributed by atoms with Crippen LogP contribution in [0.2, 0.25) is 0 Å². The number of anilines is 2.